The van der Waals surface area contributed by atoms with E-state index in [0.717, 1.165) is 24.9 Å². The van der Waals surface area contributed by atoms with Crippen LogP contribution in [0.3, 0.4) is 0 Å². The minimum atomic E-state index is -0.126. The van der Waals surface area contributed by atoms with Crippen molar-refractivity contribution in [1.29, 1.82) is 0 Å². The Balaban J connectivity index is 1.88. The van der Waals surface area contributed by atoms with Gasteiger partial charge in [-0.25, -0.2) is 0 Å². The zero-order valence-electron chi connectivity index (χ0n) is 9.93. The smallest absolute Gasteiger partial charge is 0.124 e. The Labute approximate surface area is 101 Å². The molecule has 17 heavy (non-hydrogen) atoms. The fourth-order valence-corrected chi connectivity index (χ4v) is 2.22. The van der Waals surface area contributed by atoms with Crippen molar-refractivity contribution in [3.8, 4) is 11.5 Å². The first-order valence-corrected chi connectivity index (χ1v) is 5.99. The Kier molecular flexibility index (Phi) is 3.54. The molecule has 1 saturated carbocycles. The summed E-state index contributed by atoms with van der Waals surface area (Å²) in [6.07, 6.45) is 1.60. The van der Waals surface area contributed by atoms with Crippen molar-refractivity contribution in [3.63, 3.8) is 0 Å². The van der Waals surface area contributed by atoms with Crippen LogP contribution in [-0.4, -0.2) is 28.0 Å². The highest BCUT2D eigenvalue weighted by Crippen LogP contribution is 2.30. The average Bonchev–Trinajstić information content (AvgIpc) is 2.22. The molecule has 4 heteroatoms. The van der Waals surface area contributed by atoms with Crippen molar-refractivity contribution in [3.05, 3.63) is 23.8 Å². The van der Waals surface area contributed by atoms with Crippen LogP contribution in [0.15, 0.2) is 18.2 Å². The van der Waals surface area contributed by atoms with Gasteiger partial charge in [0.15, 0.2) is 0 Å². The van der Waals surface area contributed by atoms with Gasteiger partial charge in [-0.2, -0.15) is 0 Å². The molecule has 1 aliphatic carbocycles. The average molecular weight is 237 g/mol. The van der Waals surface area contributed by atoms with Gasteiger partial charge in [-0.3, -0.25) is 0 Å². The predicted octanol–water partition coefficient (Wildman–Crippen LogP) is 1.52. The topological polar surface area (TPSA) is 72.7 Å². The fourth-order valence-electron chi connectivity index (χ4n) is 2.22. The quantitative estimate of drug-likeness (QED) is 0.640. The number of hydrogen-bond acceptors (Lipinski definition) is 4. The predicted molar refractivity (Wildman–Crippen MR) is 64.9 cm³/mol. The van der Waals surface area contributed by atoms with E-state index >= 15 is 0 Å². The molecular weight excluding hydrogens is 218 g/mol. The Morgan fingerprint density at radius 1 is 1.35 bits per heavy atom. The molecule has 1 aromatic carbocycles. The van der Waals surface area contributed by atoms with Crippen molar-refractivity contribution >= 4 is 0 Å². The lowest BCUT2D eigenvalue weighted by Crippen LogP contribution is -2.36. The molecule has 0 spiro atoms. The summed E-state index contributed by atoms with van der Waals surface area (Å²) in [4.78, 5) is 0. The second kappa shape index (κ2) is 4.94. The van der Waals surface area contributed by atoms with E-state index in [9.17, 15) is 15.3 Å². The highest BCUT2D eigenvalue weighted by molar-refractivity contribution is 5.40. The number of rotatable bonds is 4. The van der Waals surface area contributed by atoms with Gasteiger partial charge < -0.3 is 20.6 Å². The van der Waals surface area contributed by atoms with Crippen molar-refractivity contribution in [2.75, 3.05) is 6.54 Å². The number of hydrogen-bond donors (Lipinski definition) is 4. The van der Waals surface area contributed by atoms with Gasteiger partial charge in [0.25, 0.3) is 0 Å². The maximum atomic E-state index is 9.70. The van der Waals surface area contributed by atoms with Crippen molar-refractivity contribution < 1.29 is 15.3 Å². The number of aromatic hydroxyl groups is 2. The molecule has 0 radical (unpaired) electrons. The van der Waals surface area contributed by atoms with Crippen LogP contribution in [0.4, 0.5) is 0 Å². The molecule has 2 rings (SSSR count). The third-order valence-electron chi connectivity index (χ3n) is 3.40. The molecule has 1 aliphatic rings. The van der Waals surface area contributed by atoms with Gasteiger partial charge in [0.05, 0.1) is 6.10 Å². The molecule has 1 fully saturated rings. The summed E-state index contributed by atoms with van der Waals surface area (Å²) in [6, 6.07) is 4.67. The van der Waals surface area contributed by atoms with Crippen LogP contribution in [-0.2, 0) is 0 Å². The Morgan fingerprint density at radius 2 is 2.06 bits per heavy atom. The standard InChI is InChI=1S/C13H19NO3/c1-8(14-7-9-4-11(16)5-9)12-3-2-10(15)6-13(12)17/h2-3,6,8-9,11,14-17H,4-5,7H2,1H3. The van der Waals surface area contributed by atoms with E-state index < -0.39 is 0 Å². The molecule has 4 N–H and O–H groups in total. The molecule has 1 atom stereocenters. The lowest BCUT2D eigenvalue weighted by molar-refractivity contribution is 0.0420. The summed E-state index contributed by atoms with van der Waals surface area (Å²) in [7, 11) is 0. The SMILES string of the molecule is CC(NCC1CC(O)C1)c1ccc(O)cc1O. The number of phenolic OH excluding ortho intramolecular Hbond substituents is 2. The van der Waals surface area contributed by atoms with Crippen LogP contribution in [0.5, 0.6) is 11.5 Å². The maximum Gasteiger partial charge on any atom is 0.124 e. The van der Waals surface area contributed by atoms with E-state index in [1.165, 1.54) is 6.07 Å². The Hall–Kier alpha value is -1.26. The van der Waals surface area contributed by atoms with Gasteiger partial charge in [0.1, 0.15) is 11.5 Å². The molecule has 0 saturated heterocycles. The number of phenols is 2. The zero-order chi connectivity index (χ0) is 12.4. The van der Waals surface area contributed by atoms with Gasteiger partial charge in [-0.05, 0) is 38.3 Å². The number of benzene rings is 1. The number of nitrogens with one attached hydrogen (secondary N) is 1. The minimum Gasteiger partial charge on any atom is -0.508 e. The summed E-state index contributed by atoms with van der Waals surface area (Å²) in [5.74, 6) is 0.714. The van der Waals surface area contributed by atoms with E-state index in [-0.39, 0.29) is 23.6 Å². The Morgan fingerprint density at radius 3 is 2.65 bits per heavy atom. The van der Waals surface area contributed by atoms with Gasteiger partial charge >= 0.3 is 0 Å². The Bertz CT molecular complexity index is 388. The number of aliphatic hydroxyl groups is 1. The summed E-state index contributed by atoms with van der Waals surface area (Å²) in [5.41, 5.74) is 0.780. The molecule has 4 nitrogen and oxygen atoms in total. The second-order valence-corrected chi connectivity index (χ2v) is 4.86. The van der Waals surface area contributed by atoms with E-state index in [1.54, 1.807) is 12.1 Å². The molecule has 0 bridgehead atoms. The normalized spacial score (nSPS) is 25.3. The fraction of sp³-hybridized carbons (Fsp3) is 0.538. The zero-order valence-corrected chi connectivity index (χ0v) is 9.93. The summed E-state index contributed by atoms with van der Waals surface area (Å²) < 4.78 is 0. The van der Waals surface area contributed by atoms with Gasteiger partial charge in [0, 0.05) is 17.7 Å². The summed E-state index contributed by atoms with van der Waals surface area (Å²) >= 11 is 0. The lowest BCUT2D eigenvalue weighted by Gasteiger charge is -2.32. The molecule has 0 amide bonds. The van der Waals surface area contributed by atoms with E-state index in [0.29, 0.717) is 5.92 Å². The molecule has 1 aromatic rings. The molecule has 0 aromatic heterocycles. The molecule has 1 unspecified atom stereocenters. The second-order valence-electron chi connectivity index (χ2n) is 4.86. The molecule has 0 aliphatic heterocycles. The molecule has 0 heterocycles. The van der Waals surface area contributed by atoms with E-state index in [1.807, 2.05) is 6.92 Å². The maximum absolute atomic E-state index is 9.70. The van der Waals surface area contributed by atoms with Crippen LogP contribution in [0.2, 0.25) is 0 Å². The van der Waals surface area contributed by atoms with Crippen LogP contribution < -0.4 is 5.32 Å². The molecule has 94 valence electrons. The largest absolute Gasteiger partial charge is 0.508 e. The van der Waals surface area contributed by atoms with Gasteiger partial charge in [-0.15, -0.1) is 0 Å². The third kappa shape index (κ3) is 2.90. The lowest BCUT2D eigenvalue weighted by atomic mass is 9.82. The van der Waals surface area contributed by atoms with Crippen molar-refractivity contribution in [1.82, 2.24) is 5.32 Å². The van der Waals surface area contributed by atoms with Crippen molar-refractivity contribution in [2.45, 2.75) is 31.9 Å². The third-order valence-corrected chi connectivity index (χ3v) is 3.40. The van der Waals surface area contributed by atoms with E-state index in [4.69, 9.17) is 0 Å². The van der Waals surface area contributed by atoms with Gasteiger partial charge in [0.2, 0.25) is 0 Å². The van der Waals surface area contributed by atoms with E-state index in [2.05, 4.69) is 5.32 Å². The van der Waals surface area contributed by atoms with Crippen LogP contribution in [0, 0.1) is 5.92 Å². The van der Waals surface area contributed by atoms with Crippen molar-refractivity contribution in [2.24, 2.45) is 5.92 Å². The minimum absolute atomic E-state index is 0.0355. The van der Waals surface area contributed by atoms with Crippen LogP contribution >= 0.6 is 0 Å². The van der Waals surface area contributed by atoms with Crippen LogP contribution in [0.1, 0.15) is 31.4 Å². The highest BCUT2D eigenvalue weighted by Gasteiger charge is 2.27. The number of aliphatic hydroxyl groups excluding tert-OH is 1. The first kappa shape index (κ1) is 12.2. The van der Waals surface area contributed by atoms with Gasteiger partial charge in [-0.1, -0.05) is 6.07 Å². The monoisotopic (exact) mass is 237 g/mol. The summed E-state index contributed by atoms with van der Waals surface area (Å²) in [5, 5.41) is 31.4. The first-order valence-electron chi connectivity index (χ1n) is 5.99. The van der Waals surface area contributed by atoms with Crippen LogP contribution in [0.25, 0.3) is 0 Å². The first-order chi connectivity index (χ1) is 8.06. The molecular formula is C13H19NO3. The highest BCUT2D eigenvalue weighted by atomic mass is 16.3. The summed E-state index contributed by atoms with van der Waals surface area (Å²) in [6.45, 7) is 2.82.